The lowest BCUT2D eigenvalue weighted by Gasteiger charge is -2.42. The van der Waals surface area contributed by atoms with Crippen LogP contribution in [0.1, 0.15) is 13.8 Å². The van der Waals surface area contributed by atoms with Gasteiger partial charge in [-0.2, -0.15) is 0 Å². The average Bonchev–Trinajstić information content (AvgIpc) is 2.59. The molecule has 25 heavy (non-hydrogen) atoms. The van der Waals surface area contributed by atoms with Crippen LogP contribution in [0, 0.1) is 0 Å². The number of allylic oxidation sites excluding steroid dienone is 6. The Bertz CT molecular complexity index is 689. The fourth-order valence-electron chi connectivity index (χ4n) is 2.40. The Balaban J connectivity index is 2.59. The molecule has 0 aromatic heterocycles. The summed E-state index contributed by atoms with van der Waals surface area (Å²) in [7, 11) is 0. The quantitative estimate of drug-likeness (QED) is 0.476. The van der Waals surface area contributed by atoms with E-state index in [9.17, 15) is 43.9 Å². The number of hydrogen-bond donors (Lipinski definition) is 0. The number of halogens is 10. The largest absolute Gasteiger partial charge is 0.238 e. The van der Waals surface area contributed by atoms with Gasteiger partial charge in [-0.3, -0.25) is 0 Å². The molecule has 2 rings (SSSR count). The molecule has 0 aromatic carbocycles. The van der Waals surface area contributed by atoms with E-state index in [0.29, 0.717) is 13.8 Å². The van der Waals surface area contributed by atoms with Gasteiger partial charge in [0.15, 0.2) is 59.0 Å². The molecule has 4 unspecified atom stereocenters. The third-order valence-corrected chi connectivity index (χ3v) is 5.52. The van der Waals surface area contributed by atoms with Crippen LogP contribution in [0.4, 0.5) is 43.9 Å². The first-order chi connectivity index (χ1) is 11.3. The summed E-state index contributed by atoms with van der Waals surface area (Å²) in [5, 5.41) is 0. The lowest BCUT2D eigenvalue weighted by atomic mass is 9.95. The Hall–Kier alpha value is -1.39. The summed E-state index contributed by atoms with van der Waals surface area (Å²) in [6.07, 6.45) is -6.54. The molecular formula is C14H8F10S. The molecule has 0 saturated heterocycles. The first kappa shape index (κ1) is 19.9. The lowest BCUT2D eigenvalue weighted by molar-refractivity contribution is 0.220. The third-order valence-electron chi connectivity index (χ3n) is 3.90. The highest BCUT2D eigenvalue weighted by molar-refractivity contribution is 8.02. The van der Waals surface area contributed by atoms with Crippen molar-refractivity contribution < 1.29 is 43.9 Å². The standard InChI is InChI=1S/C14H8F10S/c1-13(9(21)5(17)3(15)6(18)10(13)22)25-14(2)11(23)7(19)4(16)8(20)12(14)24/h9,11H,1-2H3. The fourth-order valence-corrected chi connectivity index (χ4v) is 4.05. The molecule has 0 fully saturated rings. The van der Waals surface area contributed by atoms with Crippen molar-refractivity contribution >= 4 is 11.8 Å². The van der Waals surface area contributed by atoms with Gasteiger partial charge in [-0.15, -0.1) is 11.8 Å². The summed E-state index contributed by atoms with van der Waals surface area (Å²) in [6, 6.07) is 0. The van der Waals surface area contributed by atoms with Gasteiger partial charge in [0.25, 0.3) is 0 Å². The van der Waals surface area contributed by atoms with Crippen molar-refractivity contribution in [3.8, 4) is 0 Å². The van der Waals surface area contributed by atoms with Crippen molar-refractivity contribution in [1.82, 2.24) is 0 Å². The number of rotatable bonds is 2. The Morgan fingerprint density at radius 1 is 0.600 bits per heavy atom. The summed E-state index contributed by atoms with van der Waals surface area (Å²) in [5.74, 6) is -19.2. The zero-order valence-corrected chi connectivity index (χ0v) is 13.2. The second kappa shape index (κ2) is 6.10. The molecule has 4 atom stereocenters. The SMILES string of the molecule is CC1(SC2(C)C(F)=C(F)C(F)=C(F)C2F)C(F)=C(F)C(F)=C(F)C1F. The van der Waals surface area contributed by atoms with Gasteiger partial charge in [0, 0.05) is 0 Å². The number of hydrogen-bond acceptors (Lipinski definition) is 1. The first-order valence-corrected chi connectivity index (χ1v) is 7.33. The van der Waals surface area contributed by atoms with Crippen LogP contribution in [-0.4, -0.2) is 21.8 Å². The normalized spacial score (nSPS) is 37.4. The van der Waals surface area contributed by atoms with E-state index in [0.717, 1.165) is 0 Å². The first-order valence-electron chi connectivity index (χ1n) is 6.51. The van der Waals surface area contributed by atoms with Gasteiger partial charge < -0.3 is 0 Å². The second-order valence-electron chi connectivity index (χ2n) is 5.62. The predicted molar refractivity (Wildman–Crippen MR) is 71.2 cm³/mol. The molecule has 0 heterocycles. The van der Waals surface area contributed by atoms with Gasteiger partial charge in [-0.25, -0.2) is 43.9 Å². The van der Waals surface area contributed by atoms with Crippen LogP contribution >= 0.6 is 11.8 Å². The van der Waals surface area contributed by atoms with E-state index in [1.165, 1.54) is 0 Å². The van der Waals surface area contributed by atoms with Crippen molar-refractivity contribution in [2.75, 3.05) is 0 Å². The van der Waals surface area contributed by atoms with E-state index in [1.54, 1.807) is 0 Å². The van der Waals surface area contributed by atoms with Gasteiger partial charge in [0.05, 0.1) is 0 Å². The zero-order valence-electron chi connectivity index (χ0n) is 12.3. The molecule has 0 aliphatic heterocycles. The summed E-state index contributed by atoms with van der Waals surface area (Å²) in [6.45, 7) is 0.831. The lowest BCUT2D eigenvalue weighted by Crippen LogP contribution is -2.47. The molecule has 11 heteroatoms. The molecule has 2 aliphatic rings. The van der Waals surface area contributed by atoms with Gasteiger partial charge in [-0.05, 0) is 13.8 Å². The number of alkyl halides is 2. The van der Waals surface area contributed by atoms with Crippen LogP contribution in [0.5, 0.6) is 0 Å². The Labute approximate surface area is 138 Å². The van der Waals surface area contributed by atoms with E-state index in [4.69, 9.17) is 0 Å². The Morgan fingerprint density at radius 2 is 0.880 bits per heavy atom. The maximum atomic E-state index is 14.1. The van der Waals surface area contributed by atoms with Gasteiger partial charge >= 0.3 is 0 Å². The minimum absolute atomic E-state index is 0.416. The van der Waals surface area contributed by atoms with Crippen molar-refractivity contribution in [2.45, 2.75) is 35.7 Å². The van der Waals surface area contributed by atoms with Crippen LogP contribution in [0.25, 0.3) is 0 Å². The Morgan fingerprint density at radius 3 is 1.16 bits per heavy atom. The molecule has 0 radical (unpaired) electrons. The molecule has 0 bridgehead atoms. The highest BCUT2D eigenvalue weighted by Crippen LogP contribution is 2.58. The Kier molecular flexibility index (Phi) is 4.86. The van der Waals surface area contributed by atoms with Gasteiger partial charge in [0.2, 0.25) is 0 Å². The summed E-state index contributed by atoms with van der Waals surface area (Å²) in [5.41, 5.74) is 0. The van der Waals surface area contributed by atoms with Crippen LogP contribution in [0.2, 0.25) is 0 Å². The molecule has 0 amide bonds. The summed E-state index contributed by atoms with van der Waals surface area (Å²) < 4.78 is 130. The predicted octanol–water partition coefficient (Wildman–Crippen LogP) is 6.54. The van der Waals surface area contributed by atoms with E-state index in [2.05, 4.69) is 0 Å². The van der Waals surface area contributed by atoms with Crippen molar-refractivity contribution in [1.29, 1.82) is 0 Å². The van der Waals surface area contributed by atoms with Crippen LogP contribution in [-0.2, 0) is 0 Å². The highest BCUT2D eigenvalue weighted by Gasteiger charge is 2.59. The molecule has 2 aliphatic carbocycles. The minimum atomic E-state index is -3.27. The van der Waals surface area contributed by atoms with Crippen LogP contribution in [0.15, 0.2) is 46.6 Å². The molecule has 0 saturated carbocycles. The van der Waals surface area contributed by atoms with E-state index in [-0.39, 0.29) is 0 Å². The van der Waals surface area contributed by atoms with Crippen LogP contribution < -0.4 is 0 Å². The highest BCUT2D eigenvalue weighted by atomic mass is 32.2. The van der Waals surface area contributed by atoms with E-state index < -0.39 is 80.2 Å². The van der Waals surface area contributed by atoms with E-state index in [1.807, 2.05) is 0 Å². The molecular weight excluding hydrogens is 390 g/mol. The third kappa shape index (κ3) is 2.61. The minimum Gasteiger partial charge on any atom is -0.238 e. The maximum Gasteiger partial charge on any atom is 0.196 e. The van der Waals surface area contributed by atoms with Crippen LogP contribution in [0.3, 0.4) is 0 Å². The summed E-state index contributed by atoms with van der Waals surface area (Å²) in [4.78, 5) is 0. The molecule has 0 N–H and O–H groups in total. The fraction of sp³-hybridized carbons (Fsp3) is 0.429. The second-order valence-corrected chi connectivity index (χ2v) is 7.52. The average molecular weight is 398 g/mol. The topological polar surface area (TPSA) is 0 Å². The summed E-state index contributed by atoms with van der Waals surface area (Å²) >= 11 is -0.580. The van der Waals surface area contributed by atoms with Crippen molar-refractivity contribution in [3.05, 3.63) is 46.6 Å². The van der Waals surface area contributed by atoms with Gasteiger partial charge in [-0.1, -0.05) is 0 Å². The van der Waals surface area contributed by atoms with Crippen molar-refractivity contribution in [2.24, 2.45) is 0 Å². The monoisotopic (exact) mass is 398 g/mol. The maximum absolute atomic E-state index is 14.1. The molecule has 0 nitrogen and oxygen atoms in total. The molecule has 0 spiro atoms. The van der Waals surface area contributed by atoms with Gasteiger partial charge in [0.1, 0.15) is 9.49 Å². The smallest absolute Gasteiger partial charge is 0.196 e. The van der Waals surface area contributed by atoms with E-state index >= 15 is 0 Å². The number of thioether (sulfide) groups is 1. The molecule has 140 valence electrons. The molecule has 0 aromatic rings. The van der Waals surface area contributed by atoms with Crippen molar-refractivity contribution in [3.63, 3.8) is 0 Å². The zero-order chi connectivity index (χ0) is 19.5.